The number of anilines is 2. The van der Waals surface area contributed by atoms with E-state index in [2.05, 4.69) is 12.2 Å². The highest BCUT2D eigenvalue weighted by molar-refractivity contribution is 6.34. The number of hydrogen-bond donors (Lipinski definition) is 1. The van der Waals surface area contributed by atoms with Crippen molar-refractivity contribution in [3.63, 3.8) is 0 Å². The van der Waals surface area contributed by atoms with Crippen LogP contribution in [0.2, 0.25) is 5.02 Å². The molecule has 0 spiro atoms. The van der Waals surface area contributed by atoms with E-state index in [4.69, 9.17) is 11.6 Å². The number of rotatable bonds is 4. The van der Waals surface area contributed by atoms with Gasteiger partial charge in [-0.3, -0.25) is 14.9 Å². The number of hydrogen-bond acceptors (Lipinski definition) is 4. The fraction of sp³-hybridized carbons (Fsp3) is 0.562. The second kappa shape index (κ2) is 7.17. The lowest BCUT2D eigenvalue weighted by Crippen LogP contribution is -2.33. The number of amides is 1. The molecule has 23 heavy (non-hydrogen) atoms. The van der Waals surface area contributed by atoms with Gasteiger partial charge in [0, 0.05) is 25.1 Å². The van der Waals surface area contributed by atoms with E-state index in [0.29, 0.717) is 17.3 Å². The molecule has 1 aromatic rings. The maximum absolute atomic E-state index is 11.9. The normalized spacial score (nSPS) is 15.8. The molecule has 1 aliphatic heterocycles. The average molecular weight is 340 g/mol. The summed E-state index contributed by atoms with van der Waals surface area (Å²) in [4.78, 5) is 24.8. The molecule has 0 atom stereocenters. The van der Waals surface area contributed by atoms with Crippen molar-refractivity contribution in [2.24, 2.45) is 11.8 Å². The van der Waals surface area contributed by atoms with Crippen LogP contribution in [0.1, 0.15) is 33.6 Å². The molecule has 0 saturated carbocycles. The zero-order valence-corrected chi connectivity index (χ0v) is 14.4. The van der Waals surface area contributed by atoms with Crippen LogP contribution in [0.4, 0.5) is 17.1 Å². The lowest BCUT2D eigenvalue weighted by molar-refractivity contribution is -0.384. The van der Waals surface area contributed by atoms with Crippen LogP contribution in [0.15, 0.2) is 12.1 Å². The zero-order chi connectivity index (χ0) is 17.1. The lowest BCUT2D eigenvalue weighted by atomic mass is 9.98. The fourth-order valence-electron chi connectivity index (χ4n) is 2.57. The first-order valence-corrected chi connectivity index (χ1v) is 8.21. The maximum Gasteiger partial charge on any atom is 0.294 e. The summed E-state index contributed by atoms with van der Waals surface area (Å²) < 4.78 is 0. The third-order valence-electron chi connectivity index (χ3n) is 4.17. The third kappa shape index (κ3) is 4.13. The van der Waals surface area contributed by atoms with Gasteiger partial charge >= 0.3 is 0 Å². The smallest absolute Gasteiger partial charge is 0.294 e. The van der Waals surface area contributed by atoms with Crippen LogP contribution < -0.4 is 10.2 Å². The Morgan fingerprint density at radius 2 is 2.00 bits per heavy atom. The first-order valence-electron chi connectivity index (χ1n) is 7.83. The molecule has 1 heterocycles. The predicted octanol–water partition coefficient (Wildman–Crippen LogP) is 4.08. The molecule has 1 fully saturated rings. The highest BCUT2D eigenvalue weighted by atomic mass is 35.5. The van der Waals surface area contributed by atoms with Crippen molar-refractivity contribution in [1.29, 1.82) is 0 Å². The van der Waals surface area contributed by atoms with Gasteiger partial charge in [0.15, 0.2) is 0 Å². The minimum atomic E-state index is -0.423. The van der Waals surface area contributed by atoms with Crippen molar-refractivity contribution in [1.82, 2.24) is 0 Å². The Bertz CT molecular complexity index is 611. The molecule has 6 nitrogen and oxygen atoms in total. The average Bonchev–Trinajstić information content (AvgIpc) is 2.49. The molecule has 2 rings (SSSR count). The van der Waals surface area contributed by atoms with E-state index in [-0.39, 0.29) is 22.5 Å². The summed E-state index contributed by atoms with van der Waals surface area (Å²) in [7, 11) is 0. The number of halogens is 1. The molecule has 0 aromatic heterocycles. The van der Waals surface area contributed by atoms with Crippen molar-refractivity contribution in [2.75, 3.05) is 23.3 Å². The highest BCUT2D eigenvalue weighted by Gasteiger charge is 2.25. The third-order valence-corrected chi connectivity index (χ3v) is 4.48. The van der Waals surface area contributed by atoms with E-state index in [1.807, 2.05) is 4.90 Å². The van der Waals surface area contributed by atoms with Gasteiger partial charge in [-0.25, -0.2) is 0 Å². The van der Waals surface area contributed by atoms with Crippen LogP contribution in [0.25, 0.3) is 0 Å². The minimum Gasteiger partial charge on any atom is -0.366 e. The molecule has 1 N–H and O–H groups in total. The molecule has 1 saturated heterocycles. The van der Waals surface area contributed by atoms with Gasteiger partial charge in [-0.2, -0.15) is 0 Å². The van der Waals surface area contributed by atoms with E-state index >= 15 is 0 Å². The van der Waals surface area contributed by atoms with Crippen LogP contribution in [-0.4, -0.2) is 23.9 Å². The maximum atomic E-state index is 11.9. The van der Waals surface area contributed by atoms with Gasteiger partial charge < -0.3 is 10.2 Å². The molecular formula is C16H22ClN3O3. The van der Waals surface area contributed by atoms with E-state index < -0.39 is 4.92 Å². The summed E-state index contributed by atoms with van der Waals surface area (Å²) in [5.41, 5.74) is 0.919. The Hall–Kier alpha value is -1.82. The molecule has 126 valence electrons. The first-order chi connectivity index (χ1) is 10.8. The van der Waals surface area contributed by atoms with Gasteiger partial charge in [-0.1, -0.05) is 32.4 Å². The summed E-state index contributed by atoms with van der Waals surface area (Å²) >= 11 is 6.12. The number of carbonyl (C=O) groups excluding carboxylic acids is 1. The Labute approximate surface area is 141 Å². The Morgan fingerprint density at radius 1 is 1.39 bits per heavy atom. The van der Waals surface area contributed by atoms with Crippen molar-refractivity contribution in [3.8, 4) is 0 Å². The molecule has 0 unspecified atom stereocenters. The van der Waals surface area contributed by atoms with Gasteiger partial charge in [0.25, 0.3) is 5.69 Å². The Morgan fingerprint density at radius 3 is 2.52 bits per heavy atom. The molecule has 1 aromatic carbocycles. The second-order valence-electron chi connectivity index (χ2n) is 6.39. The van der Waals surface area contributed by atoms with E-state index in [1.165, 1.54) is 6.07 Å². The van der Waals surface area contributed by atoms with Crippen LogP contribution in [0, 0.1) is 22.0 Å². The van der Waals surface area contributed by atoms with Crippen LogP contribution in [0.3, 0.4) is 0 Å². The number of nitrogens with one attached hydrogen (secondary N) is 1. The van der Waals surface area contributed by atoms with Crippen molar-refractivity contribution >= 4 is 34.6 Å². The number of nitrogens with zero attached hydrogens (tertiary/aromatic N) is 2. The molecule has 1 aliphatic rings. The van der Waals surface area contributed by atoms with Gasteiger partial charge in [0.1, 0.15) is 5.69 Å². The number of nitro benzene ring substituents is 1. The summed E-state index contributed by atoms with van der Waals surface area (Å²) in [6.07, 6.45) is 1.99. The summed E-state index contributed by atoms with van der Waals surface area (Å²) in [6.45, 7) is 7.27. The van der Waals surface area contributed by atoms with Crippen molar-refractivity contribution in [3.05, 3.63) is 27.3 Å². The van der Waals surface area contributed by atoms with Crippen molar-refractivity contribution in [2.45, 2.75) is 33.6 Å². The summed E-state index contributed by atoms with van der Waals surface area (Å²) in [5.74, 6) is 0.261. The van der Waals surface area contributed by atoms with Crippen LogP contribution in [-0.2, 0) is 4.79 Å². The van der Waals surface area contributed by atoms with E-state index in [9.17, 15) is 14.9 Å². The number of piperidine rings is 1. The van der Waals surface area contributed by atoms with Gasteiger partial charge in [0.05, 0.1) is 15.6 Å². The zero-order valence-electron chi connectivity index (χ0n) is 13.6. The van der Waals surface area contributed by atoms with E-state index in [0.717, 1.165) is 25.9 Å². The molecule has 7 heteroatoms. The molecular weight excluding hydrogens is 318 g/mol. The summed E-state index contributed by atoms with van der Waals surface area (Å²) in [5, 5.41) is 14.3. The largest absolute Gasteiger partial charge is 0.366 e. The molecule has 0 aliphatic carbocycles. The minimum absolute atomic E-state index is 0.0212. The number of nitro groups is 1. The quantitative estimate of drug-likeness (QED) is 0.662. The Kier molecular flexibility index (Phi) is 5.46. The van der Waals surface area contributed by atoms with Gasteiger partial charge in [0.2, 0.25) is 5.91 Å². The van der Waals surface area contributed by atoms with Gasteiger partial charge in [-0.15, -0.1) is 0 Å². The fourth-order valence-corrected chi connectivity index (χ4v) is 2.78. The van der Waals surface area contributed by atoms with Gasteiger partial charge in [-0.05, 0) is 24.8 Å². The second-order valence-corrected chi connectivity index (χ2v) is 6.80. The number of carbonyl (C=O) groups is 1. The van der Waals surface area contributed by atoms with Crippen molar-refractivity contribution < 1.29 is 9.72 Å². The highest BCUT2D eigenvalue weighted by Crippen LogP contribution is 2.38. The van der Waals surface area contributed by atoms with Crippen LogP contribution in [0.5, 0.6) is 0 Å². The molecule has 1 amide bonds. The summed E-state index contributed by atoms with van der Waals surface area (Å²) in [6, 6.07) is 2.95. The molecule has 0 bridgehead atoms. The topological polar surface area (TPSA) is 75.5 Å². The molecule has 0 radical (unpaired) electrons. The first kappa shape index (κ1) is 17.5. The Balaban J connectivity index is 2.37. The predicted molar refractivity (Wildman–Crippen MR) is 92.2 cm³/mol. The van der Waals surface area contributed by atoms with Crippen LogP contribution >= 0.6 is 11.6 Å². The number of benzene rings is 1. The standard InChI is InChI=1S/C16H22ClN3O3/c1-10(2)16(21)18-13-9-14(15(20(22)23)8-12(13)17)19-6-4-11(3)5-7-19/h8-11H,4-7H2,1-3H3,(H,18,21). The lowest BCUT2D eigenvalue weighted by Gasteiger charge is -2.32. The van der Waals surface area contributed by atoms with E-state index in [1.54, 1.807) is 19.9 Å². The monoisotopic (exact) mass is 339 g/mol. The SMILES string of the molecule is CC1CCN(c2cc(NC(=O)C(C)C)c(Cl)cc2[N+](=O)[O-])CC1.